The lowest BCUT2D eigenvalue weighted by Gasteiger charge is -2.12. The average Bonchev–Trinajstić information content (AvgIpc) is 3.34. The molecule has 0 unspecified atom stereocenters. The van der Waals surface area contributed by atoms with Crippen LogP contribution in [0.3, 0.4) is 0 Å². The number of amidine groups is 1. The maximum absolute atomic E-state index is 12.4. The van der Waals surface area contributed by atoms with E-state index < -0.39 is 0 Å². The first-order valence-electron chi connectivity index (χ1n) is 11.5. The zero-order chi connectivity index (χ0) is 26.8. The summed E-state index contributed by atoms with van der Waals surface area (Å²) in [5, 5.41) is 7.74. The summed E-state index contributed by atoms with van der Waals surface area (Å²) < 4.78 is 12.0. The summed E-state index contributed by atoms with van der Waals surface area (Å²) in [5.41, 5.74) is 14.5. The molecule has 0 saturated heterocycles. The predicted molar refractivity (Wildman–Crippen MR) is 144 cm³/mol. The van der Waals surface area contributed by atoms with Gasteiger partial charge in [0.2, 0.25) is 0 Å². The van der Waals surface area contributed by atoms with Crippen molar-refractivity contribution in [2.45, 2.75) is 0 Å². The molecular formula is C27H24N8O3. The fourth-order valence-corrected chi connectivity index (χ4v) is 3.65. The quantitative estimate of drug-likeness (QED) is 0.144. The number of fused-ring (bicyclic) bond motifs is 1. The maximum atomic E-state index is 12.4. The van der Waals surface area contributed by atoms with Crippen molar-refractivity contribution < 1.29 is 14.3 Å². The molecule has 0 radical (unpaired) electrons. The highest BCUT2D eigenvalue weighted by Crippen LogP contribution is 2.34. The molecule has 38 heavy (non-hydrogen) atoms. The van der Waals surface area contributed by atoms with Crippen molar-refractivity contribution in [1.82, 2.24) is 24.8 Å². The lowest BCUT2D eigenvalue weighted by atomic mass is 10.2. The Labute approximate surface area is 217 Å². The molecule has 11 nitrogen and oxygen atoms in total. The molecule has 2 aromatic heterocycles. The first-order chi connectivity index (χ1) is 18.3. The largest absolute Gasteiger partial charge is 0.435 e. The lowest BCUT2D eigenvalue weighted by Crippen LogP contribution is -2.21. The van der Waals surface area contributed by atoms with Crippen LogP contribution in [0.15, 0.2) is 72.8 Å². The third-order valence-corrected chi connectivity index (χ3v) is 5.57. The Morgan fingerprint density at radius 2 is 1.71 bits per heavy atom. The Morgan fingerprint density at radius 1 is 0.921 bits per heavy atom. The molecule has 190 valence electrons. The van der Waals surface area contributed by atoms with Gasteiger partial charge < -0.3 is 30.8 Å². The number of benzene rings is 3. The highest BCUT2D eigenvalue weighted by Gasteiger charge is 2.19. The second-order valence-corrected chi connectivity index (χ2v) is 8.56. The number of nitrogens with zero attached hydrogens (tertiary/aromatic N) is 4. The van der Waals surface area contributed by atoms with Gasteiger partial charge in [0.15, 0.2) is 16.9 Å². The zero-order valence-corrected chi connectivity index (χ0v) is 20.6. The first-order valence-corrected chi connectivity index (χ1v) is 11.5. The van der Waals surface area contributed by atoms with Gasteiger partial charge >= 0.3 is 6.01 Å². The summed E-state index contributed by atoms with van der Waals surface area (Å²) in [4.78, 5) is 30.6. The molecular weight excluding hydrogens is 484 g/mol. The number of nitrogens with one attached hydrogen (secondary N) is 2. The van der Waals surface area contributed by atoms with Crippen LogP contribution in [0.1, 0.15) is 15.9 Å². The molecule has 0 aliphatic carbocycles. The summed E-state index contributed by atoms with van der Waals surface area (Å²) in [7, 11) is 3.35. The molecule has 0 spiro atoms. The Balaban J connectivity index is 1.59. The molecule has 0 bridgehead atoms. The van der Waals surface area contributed by atoms with Crippen molar-refractivity contribution in [2.75, 3.05) is 19.8 Å². The highest BCUT2D eigenvalue weighted by molar-refractivity contribution is 5.96. The van der Waals surface area contributed by atoms with Crippen LogP contribution in [-0.2, 0) is 0 Å². The van der Waals surface area contributed by atoms with Crippen molar-refractivity contribution in [3.63, 3.8) is 0 Å². The Bertz CT molecular complexity index is 1660. The minimum atomic E-state index is -0.169. The number of hydrogen-bond donors (Lipinski definition) is 4. The predicted octanol–water partition coefficient (Wildman–Crippen LogP) is 4.17. The molecule has 0 atom stereocenters. The SMILES string of the molecule is CN(C)C(=O)c1cccc(Oc2nc(Oc3cc(C(=N)N)ccc3N)c3nc(-c4ccccc4)[nH]c3n2)c1. The summed E-state index contributed by atoms with van der Waals surface area (Å²) in [5.74, 6) is 0.940. The van der Waals surface area contributed by atoms with Crippen LogP contribution in [0.25, 0.3) is 22.6 Å². The van der Waals surface area contributed by atoms with Crippen molar-refractivity contribution in [3.8, 4) is 34.8 Å². The molecule has 5 aromatic rings. The number of amides is 1. The Hall–Kier alpha value is -5.45. The smallest absolute Gasteiger partial charge is 0.327 e. The number of ether oxygens (including phenoxy) is 2. The summed E-state index contributed by atoms with van der Waals surface area (Å²) in [6.45, 7) is 0. The van der Waals surface area contributed by atoms with Crippen molar-refractivity contribution in [3.05, 3.63) is 83.9 Å². The monoisotopic (exact) mass is 508 g/mol. The number of H-pyrrole nitrogens is 1. The van der Waals surface area contributed by atoms with Gasteiger partial charge in [0, 0.05) is 30.8 Å². The molecule has 5 rings (SSSR count). The van der Waals surface area contributed by atoms with E-state index in [4.69, 9.17) is 26.4 Å². The molecule has 1 amide bonds. The van der Waals surface area contributed by atoms with Gasteiger partial charge in [-0.3, -0.25) is 10.2 Å². The van der Waals surface area contributed by atoms with Gasteiger partial charge in [-0.05, 0) is 36.4 Å². The number of rotatable bonds is 7. The van der Waals surface area contributed by atoms with E-state index in [2.05, 4.69) is 19.9 Å². The molecule has 0 fully saturated rings. The fourth-order valence-electron chi connectivity index (χ4n) is 3.65. The molecule has 0 saturated carbocycles. The van der Waals surface area contributed by atoms with Crippen LogP contribution in [0.5, 0.6) is 23.4 Å². The number of imidazole rings is 1. The van der Waals surface area contributed by atoms with Crippen molar-refractivity contribution in [1.29, 1.82) is 5.41 Å². The van der Waals surface area contributed by atoms with Gasteiger partial charge in [-0.2, -0.15) is 9.97 Å². The minimum absolute atomic E-state index is 0.0356. The standard InChI is InChI=1S/C27H24N8O3/c1-35(2)26(36)17-9-6-10-18(13-17)37-27-33-24-21(31-23(32-24)15-7-4-3-5-8-15)25(34-27)38-20-14-16(22(29)30)11-12-19(20)28/h3-14H,28H2,1-2H3,(H3,29,30)(H,31,32,33,34). The van der Waals surface area contributed by atoms with E-state index in [9.17, 15) is 4.79 Å². The number of nitrogen functional groups attached to an aromatic ring is 2. The van der Waals surface area contributed by atoms with E-state index in [1.54, 1.807) is 56.6 Å². The fraction of sp³-hybridized carbons (Fsp3) is 0.0741. The van der Waals surface area contributed by atoms with E-state index in [1.807, 2.05) is 30.3 Å². The lowest BCUT2D eigenvalue weighted by molar-refractivity contribution is 0.0827. The third kappa shape index (κ3) is 4.93. The van der Waals surface area contributed by atoms with Crippen molar-refractivity contribution in [2.24, 2.45) is 5.73 Å². The molecule has 11 heteroatoms. The molecule has 0 aliphatic heterocycles. The van der Waals surface area contributed by atoms with E-state index in [0.29, 0.717) is 39.6 Å². The number of aromatic nitrogens is 4. The molecule has 0 aliphatic rings. The number of nitrogens with two attached hydrogens (primary N) is 2. The Kier molecular flexibility index (Phi) is 6.32. The Morgan fingerprint density at radius 3 is 2.45 bits per heavy atom. The van der Waals surface area contributed by atoms with Gasteiger partial charge in [0.1, 0.15) is 17.4 Å². The van der Waals surface area contributed by atoms with Crippen LogP contribution >= 0.6 is 0 Å². The first kappa shape index (κ1) is 24.3. The number of carbonyl (C=O) groups excluding carboxylic acids is 1. The van der Waals surface area contributed by atoms with E-state index in [-0.39, 0.29) is 29.4 Å². The van der Waals surface area contributed by atoms with Gasteiger partial charge in [0.25, 0.3) is 11.8 Å². The second kappa shape index (κ2) is 9.90. The number of anilines is 1. The topological polar surface area (TPSA) is 169 Å². The van der Waals surface area contributed by atoms with Crippen LogP contribution in [0, 0.1) is 5.41 Å². The minimum Gasteiger partial charge on any atom is -0.435 e. The maximum Gasteiger partial charge on any atom is 0.327 e. The van der Waals surface area contributed by atoms with Crippen LogP contribution in [0.4, 0.5) is 5.69 Å². The van der Waals surface area contributed by atoms with Crippen LogP contribution in [0.2, 0.25) is 0 Å². The van der Waals surface area contributed by atoms with Gasteiger partial charge in [-0.15, -0.1) is 0 Å². The molecule has 2 heterocycles. The van der Waals surface area contributed by atoms with Crippen LogP contribution < -0.4 is 20.9 Å². The highest BCUT2D eigenvalue weighted by atomic mass is 16.5. The number of carbonyl (C=O) groups is 1. The summed E-state index contributed by atoms with van der Waals surface area (Å²) >= 11 is 0. The third-order valence-electron chi connectivity index (χ3n) is 5.57. The van der Waals surface area contributed by atoms with E-state index in [0.717, 1.165) is 5.56 Å². The van der Waals surface area contributed by atoms with E-state index in [1.165, 1.54) is 4.90 Å². The summed E-state index contributed by atoms with van der Waals surface area (Å²) in [6.07, 6.45) is 0. The van der Waals surface area contributed by atoms with Gasteiger partial charge in [-0.1, -0.05) is 36.4 Å². The second-order valence-electron chi connectivity index (χ2n) is 8.56. The van der Waals surface area contributed by atoms with E-state index >= 15 is 0 Å². The van der Waals surface area contributed by atoms with Gasteiger partial charge in [0.05, 0.1) is 5.69 Å². The molecule has 3 aromatic carbocycles. The summed E-state index contributed by atoms with van der Waals surface area (Å²) in [6, 6.07) is 20.9. The zero-order valence-electron chi connectivity index (χ0n) is 20.6. The number of aromatic amines is 1. The van der Waals surface area contributed by atoms with Gasteiger partial charge in [-0.25, -0.2) is 4.98 Å². The number of hydrogen-bond acceptors (Lipinski definition) is 8. The van der Waals surface area contributed by atoms with Crippen LogP contribution in [-0.4, -0.2) is 50.7 Å². The average molecular weight is 509 g/mol. The molecule has 6 N–H and O–H groups in total. The van der Waals surface area contributed by atoms with Crippen molar-refractivity contribution >= 4 is 28.6 Å². The normalized spacial score (nSPS) is 10.8.